The first kappa shape index (κ1) is 36.7. The first-order chi connectivity index (χ1) is 24.8. The fourth-order valence-electron chi connectivity index (χ4n) is 5.38. The molecule has 0 bridgehead atoms. The zero-order chi connectivity index (χ0) is 36.1. The zero-order valence-electron chi connectivity index (χ0n) is 28.6. The second kappa shape index (κ2) is 16.0. The first-order valence-electron chi connectivity index (χ1n) is 15.6. The van der Waals surface area contributed by atoms with E-state index in [1.54, 1.807) is 30.3 Å². The summed E-state index contributed by atoms with van der Waals surface area (Å²) < 4.78 is 7.37. The average Bonchev–Trinajstić information content (AvgIpc) is 3.98. The monoisotopic (exact) mass is 718 g/mol. The molecule has 0 aliphatic rings. The van der Waals surface area contributed by atoms with Gasteiger partial charge in [-0.25, -0.2) is 35.2 Å². The molecule has 4 N–H and O–H groups in total. The summed E-state index contributed by atoms with van der Waals surface area (Å²) in [4.78, 5) is 29.3. The maximum atomic E-state index is 11.6. The van der Waals surface area contributed by atoms with Crippen LogP contribution in [-0.4, -0.2) is 70.5 Å². The van der Waals surface area contributed by atoms with Crippen LogP contribution in [-0.2, 0) is 14.1 Å². The summed E-state index contributed by atoms with van der Waals surface area (Å²) >= 11 is 0. The molecule has 15 nitrogen and oxygen atoms in total. The van der Waals surface area contributed by atoms with E-state index < -0.39 is 0 Å². The van der Waals surface area contributed by atoms with Crippen molar-refractivity contribution in [2.45, 2.75) is 13.8 Å². The molecule has 6 heterocycles. The third-order valence-electron chi connectivity index (χ3n) is 7.93. The summed E-state index contributed by atoms with van der Waals surface area (Å²) in [5.74, 6) is 4.98. The van der Waals surface area contributed by atoms with Gasteiger partial charge in [-0.2, -0.15) is 10.2 Å². The number of halogens is 1. The van der Waals surface area contributed by atoms with E-state index in [0.717, 1.165) is 56.0 Å². The van der Waals surface area contributed by atoms with Crippen LogP contribution in [0.4, 0.5) is 0 Å². The summed E-state index contributed by atoms with van der Waals surface area (Å²) in [5.41, 5.74) is 6.93. The largest absolute Gasteiger partial charge is 0.411 e. The lowest BCUT2D eigenvalue weighted by molar-refractivity contribution is 0.101. The molecule has 0 aliphatic carbocycles. The number of aryl methyl sites for hydroxylation is 2. The standard InChI is InChI=1S/C18H16N6O.C18H15N5O.ClH.H3NO/c1-12(22-25)15-4-3-5-16(21-15)13-6-7-14-9-20-24(17(14)8-13)18-10-23(2)11-19-18;1-12(24)15-4-3-5-16(21-15)13-6-7-14-9-20-23(17(14)8-13)18-10-22(2)11-19-18;;1-2/h3-11,25H,1-2H3;3-11H,1-2H3;1H;2H,1H2/b22-12-;;;. The van der Waals surface area contributed by atoms with E-state index in [9.17, 15) is 4.79 Å². The highest BCUT2D eigenvalue weighted by Crippen LogP contribution is 2.26. The Morgan fingerprint density at radius 2 is 1.15 bits per heavy atom. The number of benzene rings is 2. The molecule has 0 radical (unpaired) electrons. The fraction of sp³-hybridized carbons (Fsp3) is 0.111. The van der Waals surface area contributed by atoms with Crippen molar-refractivity contribution in [3.05, 3.63) is 122 Å². The molecule has 0 spiro atoms. The van der Waals surface area contributed by atoms with E-state index in [1.807, 2.05) is 119 Å². The van der Waals surface area contributed by atoms with Gasteiger partial charge in [0.05, 0.1) is 53.2 Å². The van der Waals surface area contributed by atoms with Gasteiger partial charge in [0.2, 0.25) is 0 Å². The molecular formula is C36H35ClN12O3. The van der Waals surface area contributed by atoms with Gasteiger partial charge in [-0.15, -0.1) is 12.4 Å². The topological polar surface area (TPSA) is 193 Å². The Morgan fingerprint density at radius 1 is 0.692 bits per heavy atom. The number of pyridine rings is 2. The Kier molecular flexibility index (Phi) is 11.3. The number of hydrogen-bond donors (Lipinski definition) is 3. The minimum absolute atomic E-state index is 0. The summed E-state index contributed by atoms with van der Waals surface area (Å²) in [5, 5.41) is 29.6. The van der Waals surface area contributed by atoms with Crippen LogP contribution in [0.15, 0.2) is 115 Å². The van der Waals surface area contributed by atoms with Crippen LogP contribution < -0.4 is 5.90 Å². The van der Waals surface area contributed by atoms with Crippen LogP contribution in [0.3, 0.4) is 0 Å². The Hall–Kier alpha value is -6.55. The number of nitrogens with zero attached hydrogens (tertiary/aromatic N) is 11. The van der Waals surface area contributed by atoms with E-state index in [1.165, 1.54) is 6.92 Å². The van der Waals surface area contributed by atoms with Gasteiger partial charge in [-0.3, -0.25) is 4.79 Å². The van der Waals surface area contributed by atoms with Gasteiger partial charge >= 0.3 is 0 Å². The van der Waals surface area contributed by atoms with Gasteiger partial charge in [0.1, 0.15) is 11.4 Å². The van der Waals surface area contributed by atoms with Crippen LogP contribution >= 0.6 is 12.4 Å². The third-order valence-corrected chi connectivity index (χ3v) is 7.93. The molecule has 0 unspecified atom stereocenters. The normalized spacial score (nSPS) is 11.0. The molecule has 2 aromatic carbocycles. The van der Waals surface area contributed by atoms with Crippen LogP contribution in [0.25, 0.3) is 56.0 Å². The van der Waals surface area contributed by atoms with Crippen molar-refractivity contribution in [3.8, 4) is 34.2 Å². The number of carbonyl (C=O) groups is 1. The highest BCUT2D eigenvalue weighted by Gasteiger charge is 2.12. The molecule has 0 aliphatic heterocycles. The van der Waals surface area contributed by atoms with Crippen LogP contribution in [0.1, 0.15) is 30.0 Å². The molecule has 16 heteroatoms. The zero-order valence-corrected chi connectivity index (χ0v) is 29.4. The van der Waals surface area contributed by atoms with Gasteiger partial charge in [-0.1, -0.05) is 41.6 Å². The van der Waals surface area contributed by atoms with Crippen molar-refractivity contribution in [1.29, 1.82) is 0 Å². The summed E-state index contributed by atoms with van der Waals surface area (Å²) in [6.45, 7) is 3.23. The number of aromatic nitrogens is 10. The predicted molar refractivity (Wildman–Crippen MR) is 199 cm³/mol. The molecule has 52 heavy (non-hydrogen) atoms. The van der Waals surface area contributed by atoms with Gasteiger partial charge < -0.3 is 19.5 Å². The van der Waals surface area contributed by atoms with Gasteiger partial charge in [0, 0.05) is 55.3 Å². The molecule has 264 valence electrons. The molecule has 0 atom stereocenters. The Labute approximate surface area is 303 Å². The second-order valence-electron chi connectivity index (χ2n) is 11.5. The number of oxime groups is 1. The average molecular weight is 719 g/mol. The Morgan fingerprint density at radius 3 is 1.58 bits per heavy atom. The molecule has 0 saturated heterocycles. The van der Waals surface area contributed by atoms with Crippen LogP contribution in [0, 0.1) is 0 Å². The predicted octanol–water partition coefficient (Wildman–Crippen LogP) is 5.80. The van der Waals surface area contributed by atoms with Gasteiger partial charge in [-0.05, 0) is 43.3 Å². The number of hydrogen-bond acceptors (Lipinski definition) is 11. The number of fused-ring (bicyclic) bond motifs is 2. The molecule has 0 saturated carbocycles. The van der Waals surface area contributed by atoms with Crippen LogP contribution in [0.5, 0.6) is 0 Å². The lowest BCUT2D eigenvalue weighted by Crippen LogP contribution is -1.99. The molecular weight excluding hydrogens is 684 g/mol. The number of nitrogens with two attached hydrogens (primary N) is 1. The second-order valence-corrected chi connectivity index (χ2v) is 11.5. The van der Waals surface area contributed by atoms with Crippen molar-refractivity contribution in [2.75, 3.05) is 0 Å². The minimum Gasteiger partial charge on any atom is -0.411 e. The lowest BCUT2D eigenvalue weighted by atomic mass is 10.1. The van der Waals surface area contributed by atoms with E-state index in [-0.39, 0.29) is 18.2 Å². The third kappa shape index (κ3) is 7.61. The Bertz CT molecular complexity index is 2510. The lowest BCUT2D eigenvalue weighted by Gasteiger charge is -2.05. The highest BCUT2D eigenvalue weighted by molar-refractivity contribution is 5.97. The smallest absolute Gasteiger partial charge is 0.178 e. The minimum atomic E-state index is -0.0449. The van der Waals surface area contributed by atoms with Crippen molar-refractivity contribution in [3.63, 3.8) is 0 Å². The number of Topliss-reactive ketones (excluding diaryl/α,β-unsaturated/α-hetero) is 1. The van der Waals surface area contributed by atoms with E-state index in [4.69, 9.17) is 10.4 Å². The van der Waals surface area contributed by atoms with Gasteiger partial charge in [0.25, 0.3) is 0 Å². The van der Waals surface area contributed by atoms with E-state index in [0.29, 0.717) is 17.1 Å². The number of imidazole rings is 2. The van der Waals surface area contributed by atoms with E-state index >= 15 is 0 Å². The SMILES string of the molecule is C/C(=N/O)c1cccc(-c2ccc3cnn(-c4cn(C)cn4)c3c2)n1.CC(=O)c1cccc(-c2ccc3cnn(-c4cn(C)cn4)c3c2)n1.Cl.NO. The quantitative estimate of drug-likeness (QED) is 0.0819. The van der Waals surface area contributed by atoms with Crippen molar-refractivity contribution in [2.24, 2.45) is 25.1 Å². The molecule has 8 rings (SSSR count). The molecule has 6 aromatic heterocycles. The number of rotatable bonds is 6. The maximum absolute atomic E-state index is 11.6. The number of ketones is 1. The number of carbonyl (C=O) groups excluding carboxylic acids is 1. The Balaban J connectivity index is 0.000000189. The molecule has 8 aromatic rings. The fourth-order valence-corrected chi connectivity index (χ4v) is 5.38. The van der Waals surface area contributed by atoms with Crippen LogP contribution in [0.2, 0.25) is 0 Å². The summed E-state index contributed by atoms with van der Waals surface area (Å²) in [7, 11) is 3.85. The highest BCUT2D eigenvalue weighted by atomic mass is 35.5. The summed E-state index contributed by atoms with van der Waals surface area (Å²) in [6.07, 6.45) is 10.9. The molecule has 0 amide bonds. The molecule has 0 fully saturated rings. The van der Waals surface area contributed by atoms with Crippen molar-refractivity contribution < 1.29 is 15.2 Å². The van der Waals surface area contributed by atoms with Gasteiger partial charge in [0.15, 0.2) is 17.4 Å². The van der Waals surface area contributed by atoms with E-state index in [2.05, 4.69) is 41.2 Å². The van der Waals surface area contributed by atoms with Crippen molar-refractivity contribution in [1.82, 2.24) is 48.6 Å². The maximum Gasteiger partial charge on any atom is 0.178 e. The van der Waals surface area contributed by atoms with Crippen molar-refractivity contribution >= 4 is 45.7 Å². The first-order valence-corrected chi connectivity index (χ1v) is 15.6. The summed E-state index contributed by atoms with van der Waals surface area (Å²) in [6, 6.07) is 23.2.